The van der Waals surface area contributed by atoms with Crippen molar-refractivity contribution >= 4 is 22.6 Å². The predicted molar refractivity (Wildman–Crippen MR) is 99.7 cm³/mol. The number of aromatic nitrogens is 2. The summed E-state index contributed by atoms with van der Waals surface area (Å²) in [5.41, 5.74) is 0.612. The summed E-state index contributed by atoms with van der Waals surface area (Å²) in [7, 11) is 0. The normalized spacial score (nSPS) is 15.0. The van der Waals surface area contributed by atoms with Gasteiger partial charge in [-0.3, -0.25) is 14.5 Å². The van der Waals surface area contributed by atoms with E-state index in [0.29, 0.717) is 17.5 Å². The number of rotatable bonds is 3. The van der Waals surface area contributed by atoms with Gasteiger partial charge in [0.05, 0.1) is 23.3 Å². The number of carbonyl (C=O) groups excluding carboxylic acids is 1. The number of benzene rings is 2. The standard InChI is InChI=1S/C20H14F2N4O3/c1-2-11-5-4-8-15-17(11)29-20(21,22)19(28)26(15)10-14-18(27)25-13-7-3-6-12(9-23)16(13)24-14/h3-8H,2,10H2,1H3,(H,25,27). The van der Waals surface area contributed by atoms with E-state index in [1.54, 1.807) is 31.2 Å². The smallest absolute Gasteiger partial charge is 0.423 e. The summed E-state index contributed by atoms with van der Waals surface area (Å²) >= 11 is 0. The first-order chi connectivity index (χ1) is 13.9. The Labute approximate surface area is 163 Å². The lowest BCUT2D eigenvalue weighted by Crippen LogP contribution is -2.51. The maximum atomic E-state index is 14.3. The van der Waals surface area contributed by atoms with Crippen molar-refractivity contribution in [2.24, 2.45) is 0 Å². The number of aryl methyl sites for hydroxylation is 1. The fourth-order valence-electron chi connectivity index (χ4n) is 3.27. The van der Waals surface area contributed by atoms with Crippen molar-refractivity contribution in [2.45, 2.75) is 26.0 Å². The molecule has 3 aromatic rings. The Hall–Kier alpha value is -3.80. The Kier molecular flexibility index (Phi) is 4.27. The maximum Gasteiger partial charge on any atom is 0.483 e. The highest BCUT2D eigenvalue weighted by molar-refractivity contribution is 6.01. The molecule has 1 amide bonds. The molecule has 1 aliphatic rings. The second-order valence-electron chi connectivity index (χ2n) is 6.46. The molecule has 1 aliphatic heterocycles. The maximum absolute atomic E-state index is 14.3. The van der Waals surface area contributed by atoms with Crippen molar-refractivity contribution in [3.8, 4) is 11.8 Å². The Morgan fingerprint density at radius 1 is 1.24 bits per heavy atom. The molecule has 7 nitrogen and oxygen atoms in total. The summed E-state index contributed by atoms with van der Waals surface area (Å²) < 4.78 is 33.2. The van der Waals surface area contributed by atoms with Gasteiger partial charge in [0, 0.05) is 0 Å². The Morgan fingerprint density at radius 2 is 2.00 bits per heavy atom. The van der Waals surface area contributed by atoms with E-state index in [4.69, 9.17) is 0 Å². The van der Waals surface area contributed by atoms with Gasteiger partial charge in [-0.25, -0.2) is 4.98 Å². The first-order valence-electron chi connectivity index (χ1n) is 8.78. The van der Waals surface area contributed by atoms with E-state index in [9.17, 15) is 23.6 Å². The van der Waals surface area contributed by atoms with E-state index in [-0.39, 0.29) is 28.2 Å². The molecule has 0 radical (unpaired) electrons. The molecule has 4 rings (SSSR count). The zero-order valence-electron chi connectivity index (χ0n) is 15.2. The second kappa shape index (κ2) is 6.67. The minimum atomic E-state index is -4.07. The molecule has 0 saturated carbocycles. The number of alkyl halides is 2. The number of fused-ring (bicyclic) bond motifs is 2. The number of para-hydroxylation sites is 2. The predicted octanol–water partition coefficient (Wildman–Crippen LogP) is 2.88. The number of carbonyl (C=O) groups is 1. The minimum absolute atomic E-state index is 0.102. The van der Waals surface area contributed by atoms with Gasteiger partial charge in [0.15, 0.2) is 5.75 Å². The quantitative estimate of drug-likeness (QED) is 0.734. The molecule has 0 bridgehead atoms. The summed E-state index contributed by atoms with van der Waals surface area (Å²) in [5, 5.41) is 9.25. The molecular weight excluding hydrogens is 382 g/mol. The average Bonchev–Trinajstić information content (AvgIpc) is 2.70. The van der Waals surface area contributed by atoms with Crippen LogP contribution in [-0.4, -0.2) is 22.0 Å². The van der Waals surface area contributed by atoms with Crippen LogP contribution >= 0.6 is 0 Å². The first-order valence-corrected chi connectivity index (χ1v) is 8.78. The third kappa shape index (κ3) is 2.99. The van der Waals surface area contributed by atoms with Crippen LogP contribution in [0.4, 0.5) is 14.5 Å². The minimum Gasteiger partial charge on any atom is -0.423 e. The topological polar surface area (TPSA) is 99.1 Å². The average molecular weight is 396 g/mol. The Morgan fingerprint density at radius 3 is 2.72 bits per heavy atom. The van der Waals surface area contributed by atoms with Crippen LogP contribution in [0.25, 0.3) is 11.0 Å². The zero-order chi connectivity index (χ0) is 20.8. The van der Waals surface area contributed by atoms with Gasteiger partial charge in [0.1, 0.15) is 17.3 Å². The third-order valence-corrected chi connectivity index (χ3v) is 4.69. The van der Waals surface area contributed by atoms with Gasteiger partial charge in [0.2, 0.25) is 0 Å². The summed E-state index contributed by atoms with van der Waals surface area (Å²) in [5.74, 6) is -1.69. The molecule has 0 unspecified atom stereocenters. The number of halogens is 2. The molecule has 1 aromatic heterocycles. The molecule has 0 saturated heterocycles. The highest BCUT2D eigenvalue weighted by Gasteiger charge is 2.51. The summed E-state index contributed by atoms with van der Waals surface area (Å²) in [6.45, 7) is 1.28. The lowest BCUT2D eigenvalue weighted by atomic mass is 10.1. The second-order valence-corrected chi connectivity index (χ2v) is 6.46. The lowest BCUT2D eigenvalue weighted by molar-refractivity contribution is -0.193. The number of anilines is 1. The van der Waals surface area contributed by atoms with Gasteiger partial charge in [-0.15, -0.1) is 0 Å². The number of ether oxygens (including phenoxy) is 1. The fraction of sp³-hybridized carbons (Fsp3) is 0.200. The van der Waals surface area contributed by atoms with Crippen molar-refractivity contribution in [1.29, 1.82) is 5.26 Å². The van der Waals surface area contributed by atoms with Crippen molar-refractivity contribution in [3.63, 3.8) is 0 Å². The van der Waals surface area contributed by atoms with Gasteiger partial charge < -0.3 is 9.72 Å². The van der Waals surface area contributed by atoms with Crippen LogP contribution < -0.4 is 15.2 Å². The number of nitriles is 1. The molecule has 29 heavy (non-hydrogen) atoms. The Bertz CT molecular complexity index is 1250. The highest BCUT2D eigenvalue weighted by atomic mass is 19.3. The number of hydrogen-bond acceptors (Lipinski definition) is 5. The molecule has 0 aliphatic carbocycles. The fourth-order valence-corrected chi connectivity index (χ4v) is 3.27. The van der Waals surface area contributed by atoms with Gasteiger partial charge in [-0.05, 0) is 30.2 Å². The summed E-state index contributed by atoms with van der Waals surface area (Å²) in [4.78, 5) is 32.4. The summed E-state index contributed by atoms with van der Waals surface area (Å²) in [6, 6.07) is 11.4. The first kappa shape index (κ1) is 18.6. The van der Waals surface area contributed by atoms with Gasteiger partial charge in [0.25, 0.3) is 5.56 Å². The zero-order valence-corrected chi connectivity index (χ0v) is 15.2. The highest BCUT2D eigenvalue weighted by Crippen LogP contribution is 2.42. The molecule has 0 fully saturated rings. The van der Waals surface area contributed by atoms with Crippen LogP contribution in [0.2, 0.25) is 0 Å². The van der Waals surface area contributed by atoms with E-state index in [0.717, 1.165) is 4.90 Å². The number of nitrogens with one attached hydrogen (secondary N) is 1. The van der Waals surface area contributed by atoms with E-state index in [1.807, 2.05) is 6.07 Å². The van der Waals surface area contributed by atoms with Crippen molar-refractivity contribution < 1.29 is 18.3 Å². The summed E-state index contributed by atoms with van der Waals surface area (Å²) in [6.07, 6.45) is -3.65. The van der Waals surface area contributed by atoms with Crippen LogP contribution in [0.5, 0.6) is 5.75 Å². The van der Waals surface area contributed by atoms with Crippen LogP contribution in [0.15, 0.2) is 41.2 Å². The van der Waals surface area contributed by atoms with Crippen molar-refractivity contribution in [2.75, 3.05) is 4.90 Å². The van der Waals surface area contributed by atoms with Crippen LogP contribution in [0.1, 0.15) is 23.7 Å². The molecule has 0 atom stereocenters. The number of hydrogen-bond donors (Lipinski definition) is 1. The van der Waals surface area contributed by atoms with Gasteiger partial charge in [-0.1, -0.05) is 25.1 Å². The number of H-pyrrole nitrogens is 1. The van der Waals surface area contributed by atoms with Crippen molar-refractivity contribution in [3.05, 3.63) is 63.6 Å². The largest absolute Gasteiger partial charge is 0.483 e. The molecule has 146 valence electrons. The van der Waals surface area contributed by atoms with Crippen LogP contribution in [0, 0.1) is 11.3 Å². The Balaban J connectivity index is 1.86. The monoisotopic (exact) mass is 396 g/mol. The van der Waals surface area contributed by atoms with E-state index >= 15 is 0 Å². The molecule has 0 spiro atoms. The van der Waals surface area contributed by atoms with Crippen LogP contribution in [0.3, 0.4) is 0 Å². The van der Waals surface area contributed by atoms with Crippen molar-refractivity contribution in [1.82, 2.24) is 9.97 Å². The van der Waals surface area contributed by atoms with E-state index in [1.165, 1.54) is 12.1 Å². The molecule has 2 aromatic carbocycles. The van der Waals surface area contributed by atoms with Gasteiger partial charge in [-0.2, -0.15) is 14.0 Å². The lowest BCUT2D eigenvalue weighted by Gasteiger charge is -2.34. The molecule has 1 N–H and O–H groups in total. The van der Waals surface area contributed by atoms with Gasteiger partial charge >= 0.3 is 12.0 Å². The number of aromatic amines is 1. The molecule has 2 heterocycles. The van der Waals surface area contributed by atoms with Crippen LogP contribution in [-0.2, 0) is 17.8 Å². The number of amides is 1. The van der Waals surface area contributed by atoms with E-state index in [2.05, 4.69) is 14.7 Å². The number of nitrogens with zero attached hydrogens (tertiary/aromatic N) is 3. The molecular formula is C20H14F2N4O3. The third-order valence-electron chi connectivity index (χ3n) is 4.69. The molecule has 9 heteroatoms. The van der Waals surface area contributed by atoms with E-state index < -0.39 is 24.1 Å². The SMILES string of the molecule is CCc1cccc2c1OC(F)(F)C(=O)N2Cc1nc2c(C#N)cccc2[nH]c1=O.